The van der Waals surface area contributed by atoms with Gasteiger partial charge in [0.2, 0.25) is 0 Å². The number of carbonyl (C=O) groups is 1. The van der Waals surface area contributed by atoms with E-state index in [2.05, 4.69) is 32.6 Å². The molecule has 0 aliphatic carbocycles. The predicted octanol–water partition coefficient (Wildman–Crippen LogP) is 2.13. The highest BCUT2D eigenvalue weighted by Gasteiger charge is 2.49. The average molecular weight is 255 g/mol. The summed E-state index contributed by atoms with van der Waals surface area (Å²) in [7, 11) is 0. The van der Waals surface area contributed by atoms with E-state index in [1.54, 1.807) is 0 Å². The molecule has 0 aromatic rings. The minimum atomic E-state index is -0.677. The highest BCUT2D eigenvalue weighted by atomic mass is 16.5. The molecule has 0 aromatic heterocycles. The van der Waals surface area contributed by atoms with Crippen molar-refractivity contribution in [1.29, 1.82) is 0 Å². The summed E-state index contributed by atoms with van der Waals surface area (Å²) >= 11 is 0. The summed E-state index contributed by atoms with van der Waals surface area (Å²) in [4.78, 5) is 13.2. The molecule has 4 heteroatoms. The van der Waals surface area contributed by atoms with E-state index in [1.807, 2.05) is 0 Å². The van der Waals surface area contributed by atoms with Gasteiger partial charge in [-0.3, -0.25) is 9.69 Å². The Morgan fingerprint density at radius 2 is 2.06 bits per heavy atom. The van der Waals surface area contributed by atoms with E-state index >= 15 is 0 Å². The van der Waals surface area contributed by atoms with Crippen LogP contribution in [0, 0.1) is 5.92 Å². The molecule has 1 N–H and O–H groups in total. The van der Waals surface area contributed by atoms with Gasteiger partial charge in [-0.15, -0.1) is 0 Å². The van der Waals surface area contributed by atoms with Crippen LogP contribution < -0.4 is 0 Å². The van der Waals surface area contributed by atoms with Gasteiger partial charge in [-0.05, 0) is 53.0 Å². The number of hydrogen-bond donors (Lipinski definition) is 1. The molecule has 104 valence electrons. The van der Waals surface area contributed by atoms with Crippen molar-refractivity contribution in [1.82, 2.24) is 4.90 Å². The lowest BCUT2D eigenvalue weighted by atomic mass is 9.93. The van der Waals surface area contributed by atoms with Gasteiger partial charge in [-0.2, -0.15) is 0 Å². The summed E-state index contributed by atoms with van der Waals surface area (Å²) in [6, 6.07) is 0.409. The van der Waals surface area contributed by atoms with Crippen LogP contribution in [0.4, 0.5) is 0 Å². The van der Waals surface area contributed by atoms with Crippen molar-refractivity contribution < 1.29 is 14.6 Å². The van der Waals surface area contributed by atoms with E-state index in [0.29, 0.717) is 18.4 Å². The maximum absolute atomic E-state index is 10.8. The molecule has 2 rings (SSSR count). The summed E-state index contributed by atoms with van der Waals surface area (Å²) in [6.45, 7) is 10.5. The second-order valence-corrected chi connectivity index (χ2v) is 6.93. The Morgan fingerprint density at radius 1 is 1.39 bits per heavy atom. The minimum absolute atomic E-state index is 0.0704. The molecule has 2 atom stereocenters. The van der Waals surface area contributed by atoms with Crippen LogP contribution in [0.5, 0.6) is 0 Å². The number of ether oxygens (including phenoxy) is 1. The molecule has 2 saturated heterocycles. The number of hydrogen-bond acceptors (Lipinski definition) is 3. The van der Waals surface area contributed by atoms with Gasteiger partial charge < -0.3 is 9.84 Å². The summed E-state index contributed by atoms with van der Waals surface area (Å²) in [5, 5.41) is 8.87. The smallest absolute Gasteiger partial charge is 0.303 e. The molecule has 2 aliphatic rings. The molecule has 0 aromatic carbocycles. The molecule has 2 unspecified atom stereocenters. The fourth-order valence-corrected chi connectivity index (χ4v) is 3.66. The largest absolute Gasteiger partial charge is 0.481 e. The molecule has 18 heavy (non-hydrogen) atoms. The number of rotatable bonds is 3. The van der Waals surface area contributed by atoms with Crippen LogP contribution in [-0.2, 0) is 9.53 Å². The highest BCUT2D eigenvalue weighted by molar-refractivity contribution is 5.67. The zero-order valence-corrected chi connectivity index (χ0v) is 11.9. The molecule has 2 fully saturated rings. The lowest BCUT2D eigenvalue weighted by molar-refractivity contribution is -0.138. The van der Waals surface area contributed by atoms with E-state index in [1.165, 1.54) is 0 Å². The Kier molecular flexibility index (Phi) is 3.45. The van der Waals surface area contributed by atoms with Crippen LogP contribution in [0.15, 0.2) is 0 Å². The zero-order valence-electron chi connectivity index (χ0n) is 11.9. The Balaban J connectivity index is 1.99. The zero-order chi connectivity index (χ0) is 13.6. The average Bonchev–Trinajstić information content (AvgIpc) is 2.66. The van der Waals surface area contributed by atoms with Crippen molar-refractivity contribution in [3.05, 3.63) is 0 Å². The van der Waals surface area contributed by atoms with Crippen molar-refractivity contribution in [3.63, 3.8) is 0 Å². The van der Waals surface area contributed by atoms with Crippen LogP contribution in [-0.4, -0.2) is 46.3 Å². The number of carboxylic acids is 1. The maximum atomic E-state index is 10.8. The number of aliphatic carboxylic acids is 1. The highest BCUT2D eigenvalue weighted by Crippen LogP contribution is 2.41. The third-order valence-electron chi connectivity index (χ3n) is 4.25. The van der Waals surface area contributed by atoms with E-state index in [-0.39, 0.29) is 11.2 Å². The third kappa shape index (κ3) is 2.86. The molecule has 4 nitrogen and oxygen atoms in total. The fraction of sp³-hybridized carbons (Fsp3) is 0.929. The van der Waals surface area contributed by atoms with E-state index in [4.69, 9.17) is 9.84 Å². The standard InChI is InChI=1S/C14H25NO3/c1-13(2)8-11(14(3,4)18-13)15-6-5-10(9-15)7-12(16)17/h10-11H,5-9H2,1-4H3,(H,16,17). The van der Waals surface area contributed by atoms with Gasteiger partial charge >= 0.3 is 5.97 Å². The van der Waals surface area contributed by atoms with Gasteiger partial charge in [0.15, 0.2) is 0 Å². The molecular weight excluding hydrogens is 230 g/mol. The molecule has 0 spiro atoms. The first-order valence-corrected chi connectivity index (χ1v) is 6.86. The van der Waals surface area contributed by atoms with Gasteiger partial charge in [0.1, 0.15) is 0 Å². The second-order valence-electron chi connectivity index (χ2n) is 6.93. The number of nitrogens with zero attached hydrogens (tertiary/aromatic N) is 1. The Bertz CT molecular complexity index is 338. The monoisotopic (exact) mass is 255 g/mol. The molecular formula is C14H25NO3. The summed E-state index contributed by atoms with van der Waals surface area (Å²) in [6.07, 6.45) is 2.33. The van der Waals surface area contributed by atoms with Crippen LogP contribution in [0.2, 0.25) is 0 Å². The SMILES string of the molecule is CC1(C)CC(N2CCC(CC(=O)O)C2)C(C)(C)O1. The first-order chi connectivity index (χ1) is 8.20. The van der Waals surface area contributed by atoms with Crippen molar-refractivity contribution in [3.8, 4) is 0 Å². The number of likely N-dealkylation sites (tertiary alicyclic amines) is 1. The van der Waals surface area contributed by atoms with E-state index < -0.39 is 5.97 Å². The predicted molar refractivity (Wildman–Crippen MR) is 69.6 cm³/mol. The Morgan fingerprint density at radius 3 is 2.56 bits per heavy atom. The molecule has 0 amide bonds. The van der Waals surface area contributed by atoms with Crippen LogP contribution in [0.3, 0.4) is 0 Å². The third-order valence-corrected chi connectivity index (χ3v) is 4.25. The van der Waals surface area contributed by atoms with Crippen LogP contribution >= 0.6 is 0 Å². The van der Waals surface area contributed by atoms with Crippen molar-refractivity contribution in [2.45, 2.75) is 64.2 Å². The fourth-order valence-electron chi connectivity index (χ4n) is 3.66. The van der Waals surface area contributed by atoms with Gasteiger partial charge in [0.05, 0.1) is 11.2 Å². The van der Waals surface area contributed by atoms with E-state index in [0.717, 1.165) is 25.9 Å². The molecule has 0 radical (unpaired) electrons. The lowest BCUT2D eigenvalue weighted by Gasteiger charge is -2.33. The van der Waals surface area contributed by atoms with Crippen molar-refractivity contribution >= 4 is 5.97 Å². The van der Waals surface area contributed by atoms with Gasteiger partial charge in [0.25, 0.3) is 0 Å². The quantitative estimate of drug-likeness (QED) is 0.839. The Labute approximate surface area is 109 Å². The Hall–Kier alpha value is -0.610. The van der Waals surface area contributed by atoms with Crippen LogP contribution in [0.25, 0.3) is 0 Å². The van der Waals surface area contributed by atoms with E-state index in [9.17, 15) is 4.79 Å². The first kappa shape index (κ1) is 13.8. The topological polar surface area (TPSA) is 49.8 Å². The van der Waals surface area contributed by atoms with Crippen LogP contribution in [0.1, 0.15) is 47.0 Å². The summed E-state index contributed by atoms with van der Waals surface area (Å²) in [5.74, 6) is -0.369. The van der Waals surface area contributed by atoms with Gasteiger partial charge in [-0.25, -0.2) is 0 Å². The van der Waals surface area contributed by atoms with Gasteiger partial charge in [-0.1, -0.05) is 0 Å². The van der Waals surface area contributed by atoms with Crippen molar-refractivity contribution in [2.75, 3.05) is 13.1 Å². The molecule has 0 saturated carbocycles. The minimum Gasteiger partial charge on any atom is -0.481 e. The first-order valence-electron chi connectivity index (χ1n) is 6.86. The van der Waals surface area contributed by atoms with Crippen molar-refractivity contribution in [2.24, 2.45) is 5.92 Å². The molecule has 2 heterocycles. The molecule has 0 bridgehead atoms. The summed E-state index contributed by atoms with van der Waals surface area (Å²) in [5.41, 5.74) is -0.208. The summed E-state index contributed by atoms with van der Waals surface area (Å²) < 4.78 is 6.12. The lowest BCUT2D eigenvalue weighted by Crippen LogP contribution is -2.45. The normalized spacial score (nSPS) is 34.9. The maximum Gasteiger partial charge on any atom is 0.303 e. The number of carboxylic acid groups (broad SMARTS) is 1. The van der Waals surface area contributed by atoms with Gasteiger partial charge in [0, 0.05) is 19.0 Å². The molecule has 2 aliphatic heterocycles. The second kappa shape index (κ2) is 4.49.